The minimum atomic E-state index is -0.110. The molecule has 0 amide bonds. The largest absolute Gasteiger partial charge is 0.456 e. The molecule has 2 nitrogen and oxygen atoms in total. The van der Waals surface area contributed by atoms with Crippen molar-refractivity contribution in [2.45, 2.75) is 19.3 Å². The lowest BCUT2D eigenvalue weighted by Crippen LogP contribution is -2.16. The highest BCUT2D eigenvalue weighted by Gasteiger charge is 2.35. The predicted octanol–water partition coefficient (Wildman–Crippen LogP) is 13.8. The number of furan rings is 1. The van der Waals surface area contributed by atoms with Gasteiger partial charge in [0.1, 0.15) is 11.2 Å². The lowest BCUT2D eigenvalue weighted by atomic mass is 9.82. The summed E-state index contributed by atoms with van der Waals surface area (Å²) in [6.45, 7) is 4.70. The van der Waals surface area contributed by atoms with Gasteiger partial charge in [0.15, 0.2) is 0 Å². The van der Waals surface area contributed by atoms with Gasteiger partial charge in [-0.1, -0.05) is 141 Å². The van der Waals surface area contributed by atoms with Crippen molar-refractivity contribution >= 4 is 49.8 Å². The third kappa shape index (κ3) is 4.64. The van der Waals surface area contributed by atoms with Crippen molar-refractivity contribution < 1.29 is 4.42 Å². The van der Waals surface area contributed by atoms with Gasteiger partial charge in [-0.2, -0.15) is 0 Å². The first-order chi connectivity index (χ1) is 25.0. The van der Waals surface area contributed by atoms with Gasteiger partial charge < -0.3 is 9.32 Å². The van der Waals surface area contributed by atoms with Gasteiger partial charge in [-0.05, 0) is 98.2 Å². The van der Waals surface area contributed by atoms with Crippen LogP contribution in [0.5, 0.6) is 0 Å². The maximum atomic E-state index is 6.29. The molecule has 0 unspecified atom stereocenters. The number of anilines is 3. The smallest absolute Gasteiger partial charge is 0.136 e. The number of benzene rings is 8. The summed E-state index contributed by atoms with van der Waals surface area (Å²) in [5.74, 6) is 0. The van der Waals surface area contributed by atoms with Crippen molar-refractivity contribution in [1.29, 1.82) is 0 Å². The Bertz CT molecular complexity index is 2770. The van der Waals surface area contributed by atoms with E-state index in [1.54, 1.807) is 0 Å². The van der Waals surface area contributed by atoms with Gasteiger partial charge in [-0.15, -0.1) is 0 Å². The van der Waals surface area contributed by atoms with Crippen LogP contribution in [-0.2, 0) is 5.41 Å². The summed E-state index contributed by atoms with van der Waals surface area (Å²) < 4.78 is 6.29. The molecule has 0 spiro atoms. The molecule has 1 aliphatic rings. The highest BCUT2D eigenvalue weighted by atomic mass is 16.3. The van der Waals surface area contributed by atoms with Crippen LogP contribution in [0.25, 0.3) is 66.1 Å². The minimum absolute atomic E-state index is 0.110. The Labute approximate surface area is 297 Å². The fraction of sp³-hybridized carbons (Fsp3) is 0.0612. The van der Waals surface area contributed by atoms with Gasteiger partial charge in [0.2, 0.25) is 0 Å². The molecule has 0 radical (unpaired) electrons. The monoisotopic (exact) mass is 653 g/mol. The van der Waals surface area contributed by atoms with E-state index in [0.29, 0.717) is 0 Å². The fourth-order valence-electron chi connectivity index (χ4n) is 8.32. The number of hydrogen-bond donors (Lipinski definition) is 0. The molecule has 1 aromatic heterocycles. The number of hydrogen-bond acceptors (Lipinski definition) is 2. The van der Waals surface area contributed by atoms with Gasteiger partial charge in [0.05, 0.1) is 5.69 Å². The van der Waals surface area contributed by atoms with E-state index in [2.05, 4.69) is 189 Å². The first-order valence-electron chi connectivity index (χ1n) is 17.7. The average Bonchev–Trinajstić information content (AvgIpc) is 3.68. The topological polar surface area (TPSA) is 16.4 Å². The zero-order valence-electron chi connectivity index (χ0n) is 28.6. The zero-order valence-corrected chi connectivity index (χ0v) is 28.6. The lowest BCUT2D eigenvalue weighted by molar-refractivity contribution is 0.660. The molecule has 0 N–H and O–H groups in total. The standard InChI is InChI=1S/C49H35NO/c1-49(2)43-17-9-6-15-39(43)40-28-27-37(31-44(40)49)50(36-25-22-33(23-26-36)32-12-4-3-5-13-32)45-18-10-7-14-38(45)35-21-20-34-24-29-47-48(42(34)30-35)41-16-8-11-19-46(41)51-47/h3-31H,1-2H3. The van der Waals surface area contributed by atoms with E-state index in [9.17, 15) is 0 Å². The highest BCUT2D eigenvalue weighted by molar-refractivity contribution is 6.19. The Morgan fingerprint density at radius 3 is 1.94 bits per heavy atom. The maximum Gasteiger partial charge on any atom is 0.136 e. The molecule has 0 atom stereocenters. The quantitative estimate of drug-likeness (QED) is 0.184. The second kappa shape index (κ2) is 11.3. The van der Waals surface area contributed by atoms with Crippen LogP contribution in [0.15, 0.2) is 180 Å². The predicted molar refractivity (Wildman–Crippen MR) is 214 cm³/mol. The molecule has 2 heteroatoms. The molecular weight excluding hydrogens is 619 g/mol. The van der Waals surface area contributed by atoms with E-state index in [4.69, 9.17) is 4.42 Å². The van der Waals surface area contributed by atoms with Crippen LogP contribution in [0.2, 0.25) is 0 Å². The molecule has 9 aromatic rings. The summed E-state index contributed by atoms with van der Waals surface area (Å²) in [5, 5.41) is 4.70. The molecule has 242 valence electrons. The average molecular weight is 654 g/mol. The van der Waals surface area contributed by atoms with E-state index >= 15 is 0 Å². The molecule has 10 rings (SSSR count). The van der Waals surface area contributed by atoms with Crippen molar-refractivity contribution in [2.24, 2.45) is 0 Å². The van der Waals surface area contributed by atoms with E-state index in [0.717, 1.165) is 44.6 Å². The SMILES string of the molecule is CC1(C)c2ccccc2-c2ccc(N(c3ccc(-c4ccccc4)cc3)c3ccccc3-c3ccc4ccc5oc6ccccc6c5c4c3)cc21. The third-order valence-corrected chi connectivity index (χ3v) is 10.9. The summed E-state index contributed by atoms with van der Waals surface area (Å²) in [4.78, 5) is 2.43. The summed E-state index contributed by atoms with van der Waals surface area (Å²) >= 11 is 0. The van der Waals surface area contributed by atoms with Crippen LogP contribution in [-0.4, -0.2) is 0 Å². The van der Waals surface area contributed by atoms with Crippen molar-refractivity contribution in [3.8, 4) is 33.4 Å². The minimum Gasteiger partial charge on any atom is -0.456 e. The number of fused-ring (bicyclic) bond motifs is 8. The van der Waals surface area contributed by atoms with Crippen molar-refractivity contribution in [2.75, 3.05) is 4.90 Å². The molecule has 0 saturated heterocycles. The lowest BCUT2D eigenvalue weighted by Gasteiger charge is -2.30. The van der Waals surface area contributed by atoms with Gasteiger partial charge >= 0.3 is 0 Å². The first-order valence-corrected chi connectivity index (χ1v) is 17.7. The molecule has 0 aliphatic heterocycles. The van der Waals surface area contributed by atoms with Gasteiger partial charge in [0.25, 0.3) is 0 Å². The van der Waals surface area contributed by atoms with E-state index in [1.807, 2.05) is 6.07 Å². The van der Waals surface area contributed by atoms with Crippen LogP contribution < -0.4 is 4.90 Å². The van der Waals surface area contributed by atoms with Crippen LogP contribution in [0.1, 0.15) is 25.0 Å². The van der Waals surface area contributed by atoms with Gasteiger partial charge in [-0.25, -0.2) is 0 Å². The normalized spacial score (nSPS) is 13.1. The maximum absolute atomic E-state index is 6.29. The summed E-state index contributed by atoms with van der Waals surface area (Å²) in [6, 6.07) is 63.7. The number of rotatable bonds is 5. The molecule has 1 heterocycles. The zero-order chi connectivity index (χ0) is 34.1. The Kier molecular flexibility index (Phi) is 6.56. The Hall–Kier alpha value is -6.38. The molecule has 0 fully saturated rings. The first kappa shape index (κ1) is 29.5. The second-order valence-electron chi connectivity index (χ2n) is 14.1. The Morgan fingerprint density at radius 1 is 0.431 bits per heavy atom. The molecular formula is C49H35NO. The van der Waals surface area contributed by atoms with Crippen molar-refractivity contribution in [1.82, 2.24) is 0 Å². The number of nitrogens with zero attached hydrogens (tertiary/aromatic N) is 1. The Morgan fingerprint density at radius 2 is 1.08 bits per heavy atom. The summed E-state index contributed by atoms with van der Waals surface area (Å²) in [5.41, 5.74) is 15.2. The van der Waals surface area contributed by atoms with Gasteiger partial charge in [0, 0.05) is 33.1 Å². The summed E-state index contributed by atoms with van der Waals surface area (Å²) in [7, 11) is 0. The van der Waals surface area contributed by atoms with Crippen molar-refractivity contribution in [3.63, 3.8) is 0 Å². The summed E-state index contributed by atoms with van der Waals surface area (Å²) in [6.07, 6.45) is 0. The van der Waals surface area contributed by atoms with Crippen LogP contribution >= 0.6 is 0 Å². The van der Waals surface area contributed by atoms with E-state index < -0.39 is 0 Å². The second-order valence-corrected chi connectivity index (χ2v) is 14.1. The van der Waals surface area contributed by atoms with E-state index in [-0.39, 0.29) is 5.41 Å². The van der Waals surface area contributed by atoms with Crippen LogP contribution in [0.3, 0.4) is 0 Å². The molecule has 8 aromatic carbocycles. The third-order valence-electron chi connectivity index (χ3n) is 10.9. The van der Waals surface area contributed by atoms with Crippen LogP contribution in [0, 0.1) is 0 Å². The highest BCUT2D eigenvalue weighted by Crippen LogP contribution is 2.51. The van der Waals surface area contributed by atoms with Crippen molar-refractivity contribution in [3.05, 3.63) is 187 Å². The van der Waals surface area contributed by atoms with Crippen LogP contribution in [0.4, 0.5) is 17.1 Å². The Balaban J connectivity index is 1.18. The van der Waals surface area contributed by atoms with Gasteiger partial charge in [-0.3, -0.25) is 0 Å². The molecule has 0 bridgehead atoms. The molecule has 51 heavy (non-hydrogen) atoms. The molecule has 0 saturated carbocycles. The van der Waals surface area contributed by atoms with E-state index in [1.165, 1.54) is 49.7 Å². The number of para-hydroxylation sites is 2. The molecule has 1 aliphatic carbocycles. The fourth-order valence-corrected chi connectivity index (χ4v) is 8.32.